The lowest BCUT2D eigenvalue weighted by Gasteiger charge is -2.25. The van der Waals surface area contributed by atoms with Gasteiger partial charge in [-0.1, -0.05) is 42.5 Å². The summed E-state index contributed by atoms with van der Waals surface area (Å²) in [6.07, 6.45) is 3.44. The van der Waals surface area contributed by atoms with Crippen LogP contribution in [0.25, 0.3) is 0 Å². The Morgan fingerprint density at radius 1 is 0.488 bits per heavy atom. The van der Waals surface area contributed by atoms with Crippen molar-refractivity contribution in [3.63, 3.8) is 0 Å². The fourth-order valence-corrected chi connectivity index (χ4v) is 4.06. The number of anilines is 3. The molecule has 41 heavy (non-hydrogen) atoms. The van der Waals surface area contributed by atoms with Gasteiger partial charge in [-0.3, -0.25) is 30.2 Å². The first-order valence-corrected chi connectivity index (χ1v) is 12.6. The Kier molecular flexibility index (Phi) is 7.97. The van der Waals surface area contributed by atoms with Crippen LogP contribution in [-0.4, -0.2) is 22.3 Å². The van der Waals surface area contributed by atoms with Crippen molar-refractivity contribution in [2.24, 2.45) is 9.98 Å². The zero-order valence-corrected chi connectivity index (χ0v) is 21.6. The summed E-state index contributed by atoms with van der Waals surface area (Å²) in [6, 6.07) is 38.1. The van der Waals surface area contributed by atoms with Crippen LogP contribution in [0.3, 0.4) is 0 Å². The van der Waals surface area contributed by atoms with Gasteiger partial charge in [-0.25, -0.2) is 0 Å². The third-order valence-electron chi connectivity index (χ3n) is 6.16. The molecule has 0 spiro atoms. The van der Waals surface area contributed by atoms with Crippen LogP contribution in [0.1, 0.15) is 11.1 Å². The number of rotatable bonds is 9. The lowest BCUT2D eigenvalue weighted by atomic mass is 10.1. The zero-order valence-electron chi connectivity index (χ0n) is 21.6. The molecule has 0 aliphatic rings. The van der Waals surface area contributed by atoms with Gasteiger partial charge in [0.15, 0.2) is 0 Å². The van der Waals surface area contributed by atoms with E-state index in [1.807, 2.05) is 78.9 Å². The summed E-state index contributed by atoms with van der Waals surface area (Å²) in [7, 11) is 0. The van der Waals surface area contributed by atoms with Crippen molar-refractivity contribution in [2.75, 3.05) is 4.90 Å². The van der Waals surface area contributed by atoms with Crippen molar-refractivity contribution >= 4 is 52.2 Å². The molecule has 0 fully saturated rings. The highest BCUT2D eigenvalue weighted by atomic mass is 16.6. The largest absolute Gasteiger partial charge is 0.311 e. The Hall–Kier alpha value is -5.96. The van der Waals surface area contributed by atoms with Crippen molar-refractivity contribution in [1.82, 2.24) is 0 Å². The van der Waals surface area contributed by atoms with Gasteiger partial charge in [0.1, 0.15) is 0 Å². The molecule has 0 amide bonds. The van der Waals surface area contributed by atoms with Crippen LogP contribution in [-0.2, 0) is 0 Å². The maximum absolute atomic E-state index is 10.8. The molecule has 0 atom stereocenters. The minimum Gasteiger partial charge on any atom is -0.311 e. The standard InChI is InChI=1S/C32H23N5O4/c38-36(39)31-18-10-26(11-19-31)33-22-24-6-14-29(15-7-24)35(28-4-2-1-3-5-28)30-16-8-25(9-17-30)23-34-27-12-20-32(21-13-27)37(40)41/h1-23H. The second-order valence-corrected chi connectivity index (χ2v) is 8.92. The molecule has 0 aliphatic heterocycles. The third-order valence-corrected chi connectivity index (χ3v) is 6.16. The van der Waals surface area contributed by atoms with Crippen molar-refractivity contribution < 1.29 is 9.85 Å². The molecule has 5 aromatic rings. The van der Waals surface area contributed by atoms with E-state index in [4.69, 9.17) is 0 Å². The average molecular weight is 542 g/mol. The van der Waals surface area contributed by atoms with Crippen LogP contribution in [0, 0.1) is 20.2 Å². The Bertz CT molecular complexity index is 1590. The van der Waals surface area contributed by atoms with Gasteiger partial charge >= 0.3 is 0 Å². The lowest BCUT2D eigenvalue weighted by Crippen LogP contribution is -2.09. The normalized spacial score (nSPS) is 11.1. The third kappa shape index (κ3) is 6.73. The summed E-state index contributed by atoms with van der Waals surface area (Å²) in [6.45, 7) is 0. The summed E-state index contributed by atoms with van der Waals surface area (Å²) in [4.78, 5) is 31.8. The van der Waals surface area contributed by atoms with Crippen molar-refractivity contribution in [1.29, 1.82) is 0 Å². The SMILES string of the molecule is O=[N+]([O-])c1ccc(N=Cc2ccc(N(c3ccccc3)c3ccc(C=Nc4ccc([N+](=O)[O-])cc4)cc3)cc2)cc1. The molecular weight excluding hydrogens is 518 g/mol. The van der Waals surface area contributed by atoms with E-state index in [0.717, 1.165) is 28.2 Å². The zero-order chi connectivity index (χ0) is 28.6. The average Bonchev–Trinajstić information content (AvgIpc) is 3.01. The molecule has 0 N–H and O–H groups in total. The maximum atomic E-state index is 10.8. The Labute approximate surface area is 235 Å². The first-order chi connectivity index (χ1) is 20.0. The summed E-state index contributed by atoms with van der Waals surface area (Å²) in [5, 5.41) is 21.7. The van der Waals surface area contributed by atoms with Gasteiger partial charge in [0.2, 0.25) is 0 Å². The van der Waals surface area contributed by atoms with Crippen LogP contribution < -0.4 is 4.90 Å². The molecule has 0 aromatic heterocycles. The molecule has 0 saturated carbocycles. The van der Waals surface area contributed by atoms with Crippen molar-refractivity contribution in [3.05, 3.63) is 159 Å². The summed E-state index contributed by atoms with van der Waals surface area (Å²) in [5.74, 6) is 0. The Morgan fingerprint density at radius 2 is 0.854 bits per heavy atom. The highest BCUT2D eigenvalue weighted by molar-refractivity contribution is 5.86. The Balaban J connectivity index is 1.35. The molecule has 5 aromatic carbocycles. The van der Waals surface area contributed by atoms with Gasteiger partial charge in [0.05, 0.1) is 21.2 Å². The fourth-order valence-electron chi connectivity index (χ4n) is 4.06. The number of hydrogen-bond donors (Lipinski definition) is 0. The molecule has 0 aliphatic carbocycles. The predicted molar refractivity (Wildman–Crippen MR) is 162 cm³/mol. The highest BCUT2D eigenvalue weighted by Crippen LogP contribution is 2.34. The molecular formula is C32H23N5O4. The summed E-state index contributed by atoms with van der Waals surface area (Å²) < 4.78 is 0. The van der Waals surface area contributed by atoms with Gasteiger partial charge in [0.25, 0.3) is 11.4 Å². The van der Waals surface area contributed by atoms with E-state index >= 15 is 0 Å². The number of non-ortho nitro benzene ring substituents is 2. The smallest absolute Gasteiger partial charge is 0.269 e. The van der Waals surface area contributed by atoms with Crippen LogP contribution in [0.15, 0.2) is 137 Å². The number of nitrogens with zero attached hydrogens (tertiary/aromatic N) is 5. The molecule has 0 heterocycles. The van der Waals surface area contributed by atoms with E-state index in [9.17, 15) is 20.2 Å². The maximum Gasteiger partial charge on any atom is 0.269 e. The monoisotopic (exact) mass is 541 g/mol. The minimum atomic E-state index is -0.437. The minimum absolute atomic E-state index is 0.0270. The van der Waals surface area contributed by atoms with Crippen LogP contribution >= 0.6 is 0 Å². The number of nitro benzene ring substituents is 2. The van der Waals surface area contributed by atoms with Crippen LogP contribution in [0.5, 0.6) is 0 Å². The van der Waals surface area contributed by atoms with E-state index in [1.165, 1.54) is 24.3 Å². The van der Waals surface area contributed by atoms with Crippen molar-refractivity contribution in [3.8, 4) is 0 Å². The molecule has 200 valence electrons. The Morgan fingerprint density at radius 3 is 1.22 bits per heavy atom. The van der Waals surface area contributed by atoms with Gasteiger partial charge in [-0.2, -0.15) is 0 Å². The van der Waals surface area contributed by atoms with E-state index in [-0.39, 0.29) is 11.4 Å². The second kappa shape index (κ2) is 12.3. The quantitative estimate of drug-likeness (QED) is 0.105. The second-order valence-electron chi connectivity index (χ2n) is 8.92. The number of aliphatic imine (C=N–C) groups is 2. The number of para-hydroxylation sites is 1. The molecule has 5 rings (SSSR count). The first-order valence-electron chi connectivity index (χ1n) is 12.6. The number of hydrogen-bond acceptors (Lipinski definition) is 7. The van der Waals surface area contributed by atoms with Crippen molar-refractivity contribution in [2.45, 2.75) is 0 Å². The topological polar surface area (TPSA) is 114 Å². The van der Waals surface area contributed by atoms with E-state index in [1.54, 1.807) is 36.7 Å². The van der Waals surface area contributed by atoms with Gasteiger partial charge in [-0.05, 0) is 71.8 Å². The summed E-state index contributed by atoms with van der Waals surface area (Å²) >= 11 is 0. The summed E-state index contributed by atoms with van der Waals surface area (Å²) in [5.41, 5.74) is 5.98. The molecule has 0 bridgehead atoms. The lowest BCUT2D eigenvalue weighted by molar-refractivity contribution is -0.385. The van der Waals surface area contributed by atoms with Crippen LogP contribution in [0.2, 0.25) is 0 Å². The first kappa shape index (κ1) is 26.6. The van der Waals surface area contributed by atoms with E-state index < -0.39 is 9.85 Å². The molecule has 9 heteroatoms. The number of benzene rings is 5. The molecule has 0 unspecified atom stereocenters. The molecule has 9 nitrogen and oxygen atoms in total. The van der Waals surface area contributed by atoms with Gasteiger partial charge < -0.3 is 4.90 Å². The van der Waals surface area contributed by atoms with Crippen LogP contribution in [0.4, 0.5) is 39.8 Å². The highest BCUT2D eigenvalue weighted by Gasteiger charge is 2.12. The van der Waals surface area contributed by atoms with Gasteiger partial charge in [-0.15, -0.1) is 0 Å². The predicted octanol–water partition coefficient (Wildman–Crippen LogP) is 8.47. The molecule has 0 saturated heterocycles. The van der Waals surface area contributed by atoms with E-state index in [0.29, 0.717) is 11.4 Å². The van der Waals surface area contributed by atoms with Gasteiger partial charge in [0, 0.05) is 53.8 Å². The van der Waals surface area contributed by atoms with E-state index in [2.05, 4.69) is 14.9 Å². The fraction of sp³-hybridized carbons (Fsp3) is 0. The number of nitro groups is 2. The molecule has 0 radical (unpaired) electrons.